The van der Waals surface area contributed by atoms with Gasteiger partial charge in [0.1, 0.15) is 0 Å². The summed E-state index contributed by atoms with van der Waals surface area (Å²) in [5.41, 5.74) is 0. The second-order valence-corrected chi connectivity index (χ2v) is 9.56. The Morgan fingerprint density at radius 3 is 1.60 bits per heavy atom. The first kappa shape index (κ1) is 5.97. The summed E-state index contributed by atoms with van der Waals surface area (Å²) >= 11 is 9.81. The molecular weight excluding hydrogens is 143 g/mol. The summed E-state index contributed by atoms with van der Waals surface area (Å²) in [6, 6.07) is 0. The van der Waals surface area contributed by atoms with Crippen LogP contribution in [0.5, 0.6) is 0 Å². The monoisotopic (exact) mass is 143 g/mol. The summed E-state index contributed by atoms with van der Waals surface area (Å²) in [5.74, 6) is 0. The van der Waals surface area contributed by atoms with E-state index in [0.717, 1.165) is 0 Å². The first-order valence-corrected chi connectivity index (χ1v) is 6.32. The molecule has 0 aromatic rings. The number of hydrogen-bond acceptors (Lipinski definition) is 1. The fraction of sp³-hybridized carbons (Fsp3) is 0. The van der Waals surface area contributed by atoms with Crippen molar-refractivity contribution in [2.75, 3.05) is 0 Å². The van der Waals surface area contributed by atoms with Gasteiger partial charge in [0.2, 0.25) is 0 Å². The van der Waals surface area contributed by atoms with Gasteiger partial charge in [-0.3, -0.25) is 0 Å². The van der Waals surface area contributed by atoms with Gasteiger partial charge in [0.15, 0.2) is 0 Å². The molecule has 0 unspecified atom stereocenters. The predicted octanol–water partition coefficient (Wildman–Crippen LogP) is 0.0604. The van der Waals surface area contributed by atoms with Crippen LogP contribution in [0.3, 0.4) is 0 Å². The second kappa shape index (κ2) is 1.61. The minimum atomic E-state index is -2.86. The summed E-state index contributed by atoms with van der Waals surface area (Å²) in [6.45, 7) is -2.86. The second-order valence-electron chi connectivity index (χ2n) is 0.541. The van der Waals surface area contributed by atoms with Gasteiger partial charge in [0.25, 0.3) is 0 Å². The highest BCUT2D eigenvalue weighted by atomic mass is 35.7. The molecule has 3 radical (unpaired) electrons. The smallest absolute Gasteiger partial charge is 0.355 e. The van der Waals surface area contributed by atoms with Gasteiger partial charge in [-0.25, -0.2) is 0 Å². The minimum Gasteiger partial charge on any atom is -0.412 e. The van der Waals surface area contributed by atoms with Gasteiger partial charge in [0.05, 0.1) is 9.76 Å². The molecule has 29 valence electrons. The van der Waals surface area contributed by atoms with E-state index in [4.69, 9.17) is 27.0 Å². The quantitative estimate of drug-likeness (QED) is 0.376. The Balaban J connectivity index is 3.02. The maximum Gasteiger partial charge on any atom is 0.355 e. The van der Waals surface area contributed by atoms with Crippen LogP contribution in [0, 0.1) is 0 Å². The van der Waals surface area contributed by atoms with Crippen molar-refractivity contribution in [3.05, 3.63) is 0 Å². The Hall–Kier alpha value is 0.974. The molecular formula is HCl2OSi2. The van der Waals surface area contributed by atoms with Crippen molar-refractivity contribution in [1.29, 1.82) is 0 Å². The lowest BCUT2D eigenvalue weighted by Gasteiger charge is -1.92. The first-order chi connectivity index (χ1) is 2.00. The molecule has 1 N–H and O–H groups in total. The lowest BCUT2D eigenvalue weighted by molar-refractivity contribution is 0.605. The van der Waals surface area contributed by atoms with E-state index < -0.39 is 6.45 Å². The molecule has 5 heteroatoms. The topological polar surface area (TPSA) is 20.2 Å². The van der Waals surface area contributed by atoms with E-state index in [0.29, 0.717) is 0 Å². The van der Waals surface area contributed by atoms with Crippen molar-refractivity contribution in [3.8, 4) is 0 Å². The molecule has 0 atom stereocenters. The molecule has 0 saturated carbocycles. The molecule has 5 heavy (non-hydrogen) atoms. The molecule has 0 saturated heterocycles. The SMILES string of the molecule is O[Si]([Si])(Cl)Cl. The van der Waals surface area contributed by atoms with E-state index in [1.54, 1.807) is 0 Å². The summed E-state index contributed by atoms with van der Waals surface area (Å²) in [7, 11) is 2.64. The zero-order chi connectivity index (χ0) is 4.50. The highest BCUT2D eigenvalue weighted by Gasteiger charge is 2.13. The largest absolute Gasteiger partial charge is 0.412 e. The highest BCUT2D eigenvalue weighted by Crippen LogP contribution is 2.00. The molecule has 0 aliphatic heterocycles. The zero-order valence-corrected chi connectivity index (χ0v) is 5.72. The molecule has 0 rings (SSSR count). The Morgan fingerprint density at radius 2 is 1.60 bits per heavy atom. The predicted molar refractivity (Wildman–Crippen MR) is 25.4 cm³/mol. The number of hydrogen-bond donors (Lipinski definition) is 1. The molecule has 0 aliphatic carbocycles. The molecule has 0 aromatic heterocycles. The fourth-order valence-corrected chi connectivity index (χ4v) is 0. The summed E-state index contributed by atoms with van der Waals surface area (Å²) in [4.78, 5) is 8.10. The van der Waals surface area contributed by atoms with Gasteiger partial charge in [-0.1, -0.05) is 0 Å². The highest BCUT2D eigenvalue weighted by molar-refractivity contribution is 7.60. The fourth-order valence-electron chi connectivity index (χ4n) is 0. The molecule has 0 amide bonds. The van der Waals surface area contributed by atoms with E-state index in [2.05, 4.69) is 9.76 Å². The van der Waals surface area contributed by atoms with Gasteiger partial charge in [-0.05, 0) is 0 Å². The Labute approximate surface area is 43.6 Å². The minimum absolute atomic E-state index is 2.64. The van der Waals surface area contributed by atoms with E-state index in [9.17, 15) is 0 Å². The Bertz CT molecular complexity index is 23.1. The van der Waals surface area contributed by atoms with Gasteiger partial charge in [0, 0.05) is 0 Å². The van der Waals surface area contributed by atoms with Crippen molar-refractivity contribution < 1.29 is 4.80 Å². The van der Waals surface area contributed by atoms with E-state index in [1.807, 2.05) is 0 Å². The average molecular weight is 144 g/mol. The van der Waals surface area contributed by atoms with Crippen molar-refractivity contribution in [3.63, 3.8) is 0 Å². The van der Waals surface area contributed by atoms with Crippen LogP contribution in [0.15, 0.2) is 0 Å². The summed E-state index contributed by atoms with van der Waals surface area (Å²) in [5, 5.41) is 0. The van der Waals surface area contributed by atoms with Gasteiger partial charge >= 0.3 is 6.45 Å². The normalized spacial score (nSPS) is 12.0. The molecule has 0 bridgehead atoms. The van der Waals surface area contributed by atoms with Crippen molar-refractivity contribution >= 4 is 38.4 Å². The summed E-state index contributed by atoms with van der Waals surface area (Å²) in [6.07, 6.45) is 0. The number of rotatable bonds is 0. The van der Waals surface area contributed by atoms with Crippen LogP contribution < -0.4 is 0 Å². The first-order valence-electron chi connectivity index (χ1n) is 0.852. The molecule has 0 heterocycles. The third-order valence-corrected chi connectivity index (χ3v) is 0. The van der Waals surface area contributed by atoms with Crippen LogP contribution in [0.4, 0.5) is 0 Å². The van der Waals surface area contributed by atoms with Crippen LogP contribution >= 0.6 is 22.2 Å². The van der Waals surface area contributed by atoms with E-state index in [1.165, 1.54) is 0 Å². The van der Waals surface area contributed by atoms with Crippen LogP contribution in [0.2, 0.25) is 0 Å². The van der Waals surface area contributed by atoms with Crippen LogP contribution in [-0.2, 0) is 0 Å². The van der Waals surface area contributed by atoms with Crippen molar-refractivity contribution in [2.24, 2.45) is 0 Å². The van der Waals surface area contributed by atoms with E-state index in [-0.39, 0.29) is 0 Å². The van der Waals surface area contributed by atoms with Crippen LogP contribution in [0.25, 0.3) is 0 Å². The lowest BCUT2D eigenvalue weighted by atomic mass is 15.9. The van der Waals surface area contributed by atoms with Gasteiger partial charge in [-0.2, -0.15) is 0 Å². The van der Waals surface area contributed by atoms with Crippen molar-refractivity contribution in [2.45, 2.75) is 0 Å². The van der Waals surface area contributed by atoms with E-state index >= 15 is 0 Å². The van der Waals surface area contributed by atoms with Crippen LogP contribution in [0.1, 0.15) is 0 Å². The third-order valence-electron chi connectivity index (χ3n) is 0. The van der Waals surface area contributed by atoms with Gasteiger partial charge < -0.3 is 4.80 Å². The maximum absolute atomic E-state index is 8.10. The lowest BCUT2D eigenvalue weighted by Crippen LogP contribution is -2.17. The average Bonchev–Trinajstić information content (AvgIpc) is 0.722. The van der Waals surface area contributed by atoms with Crippen molar-refractivity contribution in [1.82, 2.24) is 0 Å². The molecule has 0 aliphatic rings. The molecule has 0 fully saturated rings. The molecule has 1 nitrogen and oxygen atoms in total. The molecule has 0 aromatic carbocycles. The van der Waals surface area contributed by atoms with Crippen LogP contribution in [-0.4, -0.2) is 21.0 Å². The third kappa shape index (κ3) is 46.4. The zero-order valence-electron chi connectivity index (χ0n) is 2.20. The summed E-state index contributed by atoms with van der Waals surface area (Å²) < 4.78 is 0. The maximum atomic E-state index is 8.10. The Morgan fingerprint density at radius 1 is 1.60 bits per heavy atom. The van der Waals surface area contributed by atoms with Gasteiger partial charge in [-0.15, -0.1) is 22.2 Å². The number of halogens is 2. The molecule has 0 spiro atoms. The Kier molecular flexibility index (Phi) is 1.93. The standard InChI is InChI=1S/Cl2HOSi2/c1-5(2,3)4/h3H.